The van der Waals surface area contributed by atoms with E-state index in [0.29, 0.717) is 18.2 Å². The second kappa shape index (κ2) is 5.49. The molecule has 0 saturated heterocycles. The normalized spacial score (nSPS) is 10.6. The summed E-state index contributed by atoms with van der Waals surface area (Å²) in [4.78, 5) is 10.9. The maximum Gasteiger partial charge on any atom is 0.233 e. The lowest BCUT2D eigenvalue weighted by Crippen LogP contribution is -2.06. The summed E-state index contributed by atoms with van der Waals surface area (Å²) in [6, 6.07) is 11.7. The van der Waals surface area contributed by atoms with Gasteiger partial charge >= 0.3 is 0 Å². The number of carbonyl (C=O) groups is 1. The summed E-state index contributed by atoms with van der Waals surface area (Å²) < 4.78 is 7.23. The van der Waals surface area contributed by atoms with Crippen molar-refractivity contribution >= 4 is 6.29 Å². The van der Waals surface area contributed by atoms with Crippen LogP contribution in [-0.4, -0.2) is 16.1 Å². The van der Waals surface area contributed by atoms with Crippen molar-refractivity contribution in [3.05, 3.63) is 47.7 Å². The molecule has 0 aliphatic rings. The number of benzene rings is 1. The van der Waals surface area contributed by atoms with Crippen LogP contribution < -0.4 is 4.74 Å². The summed E-state index contributed by atoms with van der Waals surface area (Å²) in [7, 11) is 0. The average Bonchev–Trinajstić information content (AvgIpc) is 2.81. The fraction of sp³-hybridized carbons (Fsp3) is 0.286. The fourth-order valence-corrected chi connectivity index (χ4v) is 1.69. The lowest BCUT2D eigenvalue weighted by Gasteiger charge is -2.06. The van der Waals surface area contributed by atoms with Gasteiger partial charge in [-0.05, 0) is 19.4 Å². The van der Waals surface area contributed by atoms with Gasteiger partial charge in [-0.25, -0.2) is 0 Å². The molecule has 0 spiro atoms. The Morgan fingerprint density at radius 2 is 2.06 bits per heavy atom. The molecule has 0 unspecified atom stereocenters. The molecule has 0 fully saturated rings. The van der Waals surface area contributed by atoms with E-state index in [9.17, 15) is 4.79 Å². The van der Waals surface area contributed by atoms with E-state index >= 15 is 0 Å². The first kappa shape index (κ1) is 12.4. The second-order valence-corrected chi connectivity index (χ2v) is 4.34. The van der Waals surface area contributed by atoms with Crippen molar-refractivity contribution in [3.63, 3.8) is 0 Å². The summed E-state index contributed by atoms with van der Waals surface area (Å²) in [5, 5.41) is 4.26. The molecule has 18 heavy (non-hydrogen) atoms. The molecular formula is C14H16N2O2. The number of nitrogens with zero attached hydrogens (tertiary/aromatic N) is 2. The van der Waals surface area contributed by atoms with Crippen LogP contribution >= 0.6 is 0 Å². The Bertz CT molecular complexity index is 518. The van der Waals surface area contributed by atoms with Gasteiger partial charge in [0.2, 0.25) is 5.88 Å². The van der Waals surface area contributed by atoms with Crippen LogP contribution in [0.1, 0.15) is 35.9 Å². The van der Waals surface area contributed by atoms with E-state index < -0.39 is 0 Å². The number of hydrogen-bond donors (Lipinski definition) is 0. The molecule has 1 aromatic carbocycles. The van der Waals surface area contributed by atoms with Crippen LogP contribution in [0.2, 0.25) is 0 Å². The highest BCUT2D eigenvalue weighted by Gasteiger charge is 2.10. The Morgan fingerprint density at radius 1 is 1.33 bits per heavy atom. The van der Waals surface area contributed by atoms with Gasteiger partial charge < -0.3 is 4.74 Å². The predicted molar refractivity (Wildman–Crippen MR) is 68.8 cm³/mol. The van der Waals surface area contributed by atoms with E-state index in [-0.39, 0.29) is 6.04 Å². The molecule has 0 N–H and O–H groups in total. The van der Waals surface area contributed by atoms with Crippen molar-refractivity contribution in [2.24, 2.45) is 0 Å². The van der Waals surface area contributed by atoms with Crippen LogP contribution in [0, 0.1) is 0 Å². The van der Waals surface area contributed by atoms with Crippen molar-refractivity contribution in [2.75, 3.05) is 0 Å². The van der Waals surface area contributed by atoms with Gasteiger partial charge in [0.15, 0.2) is 6.29 Å². The summed E-state index contributed by atoms with van der Waals surface area (Å²) in [5.74, 6) is 0.481. The molecule has 4 heteroatoms. The number of ether oxygens (including phenoxy) is 1. The first-order valence-corrected chi connectivity index (χ1v) is 5.92. The molecule has 0 atom stereocenters. The Labute approximate surface area is 106 Å². The molecule has 2 rings (SSSR count). The molecule has 1 aromatic heterocycles. The highest BCUT2D eigenvalue weighted by molar-refractivity contribution is 5.72. The molecule has 0 aliphatic heterocycles. The van der Waals surface area contributed by atoms with Crippen LogP contribution in [0.25, 0.3) is 0 Å². The number of aromatic nitrogens is 2. The SMILES string of the molecule is CC(C)n1nc(OCc2ccccc2)cc1C=O. The lowest BCUT2D eigenvalue weighted by molar-refractivity contribution is 0.111. The van der Waals surface area contributed by atoms with Crippen LogP contribution in [0.5, 0.6) is 5.88 Å². The molecule has 0 radical (unpaired) electrons. The number of hydrogen-bond acceptors (Lipinski definition) is 3. The minimum absolute atomic E-state index is 0.138. The minimum atomic E-state index is 0.138. The van der Waals surface area contributed by atoms with Gasteiger partial charge in [-0.1, -0.05) is 30.3 Å². The largest absolute Gasteiger partial charge is 0.472 e. The maximum atomic E-state index is 10.9. The Balaban J connectivity index is 2.08. The van der Waals surface area contributed by atoms with E-state index in [1.807, 2.05) is 44.2 Å². The Kier molecular flexibility index (Phi) is 3.77. The zero-order valence-electron chi connectivity index (χ0n) is 10.5. The van der Waals surface area contributed by atoms with Crippen molar-refractivity contribution in [3.8, 4) is 5.88 Å². The van der Waals surface area contributed by atoms with Gasteiger partial charge in [0, 0.05) is 12.1 Å². The van der Waals surface area contributed by atoms with Gasteiger partial charge in [0.1, 0.15) is 12.3 Å². The Morgan fingerprint density at radius 3 is 2.61 bits per heavy atom. The van der Waals surface area contributed by atoms with E-state index in [0.717, 1.165) is 11.8 Å². The highest BCUT2D eigenvalue weighted by atomic mass is 16.5. The smallest absolute Gasteiger partial charge is 0.233 e. The molecule has 2 aromatic rings. The highest BCUT2D eigenvalue weighted by Crippen LogP contribution is 2.16. The van der Waals surface area contributed by atoms with Crippen LogP contribution in [-0.2, 0) is 6.61 Å². The van der Waals surface area contributed by atoms with E-state index in [1.54, 1.807) is 10.7 Å². The molecular weight excluding hydrogens is 228 g/mol. The quantitative estimate of drug-likeness (QED) is 0.760. The molecule has 0 aliphatic carbocycles. The summed E-state index contributed by atoms with van der Waals surface area (Å²) in [5.41, 5.74) is 1.61. The van der Waals surface area contributed by atoms with Gasteiger partial charge in [0.05, 0.1) is 0 Å². The number of aldehydes is 1. The molecule has 94 valence electrons. The zero-order valence-corrected chi connectivity index (χ0v) is 10.5. The van der Waals surface area contributed by atoms with Crippen molar-refractivity contribution in [1.29, 1.82) is 0 Å². The first-order chi connectivity index (χ1) is 8.70. The molecule has 4 nitrogen and oxygen atoms in total. The van der Waals surface area contributed by atoms with Crippen LogP contribution in [0.15, 0.2) is 36.4 Å². The predicted octanol–water partition coefficient (Wildman–Crippen LogP) is 2.86. The number of carbonyl (C=O) groups excluding carboxylic acids is 1. The van der Waals surface area contributed by atoms with Crippen molar-refractivity contribution in [2.45, 2.75) is 26.5 Å². The van der Waals surface area contributed by atoms with Crippen LogP contribution in [0.4, 0.5) is 0 Å². The second-order valence-electron chi connectivity index (χ2n) is 4.34. The maximum absolute atomic E-state index is 10.9. The van der Waals surface area contributed by atoms with Gasteiger partial charge in [-0.2, -0.15) is 0 Å². The first-order valence-electron chi connectivity index (χ1n) is 5.92. The molecule has 1 heterocycles. The lowest BCUT2D eigenvalue weighted by atomic mass is 10.2. The number of rotatable bonds is 5. The van der Waals surface area contributed by atoms with E-state index in [2.05, 4.69) is 5.10 Å². The standard InChI is InChI=1S/C14H16N2O2/c1-11(2)16-13(9-17)8-14(15-16)18-10-12-6-4-3-5-7-12/h3-9,11H,10H2,1-2H3. The summed E-state index contributed by atoms with van der Waals surface area (Å²) >= 11 is 0. The third-order valence-corrected chi connectivity index (χ3v) is 2.58. The van der Waals surface area contributed by atoms with Crippen molar-refractivity contribution in [1.82, 2.24) is 9.78 Å². The molecule has 0 amide bonds. The van der Waals surface area contributed by atoms with Crippen LogP contribution in [0.3, 0.4) is 0 Å². The monoisotopic (exact) mass is 244 g/mol. The fourth-order valence-electron chi connectivity index (χ4n) is 1.69. The topological polar surface area (TPSA) is 44.1 Å². The van der Waals surface area contributed by atoms with Gasteiger partial charge in [-0.3, -0.25) is 9.48 Å². The van der Waals surface area contributed by atoms with E-state index in [1.165, 1.54) is 0 Å². The minimum Gasteiger partial charge on any atom is -0.472 e. The molecule has 0 bridgehead atoms. The molecule has 0 saturated carbocycles. The zero-order chi connectivity index (χ0) is 13.0. The van der Waals surface area contributed by atoms with Gasteiger partial charge in [-0.15, -0.1) is 5.10 Å². The third-order valence-electron chi connectivity index (χ3n) is 2.58. The van der Waals surface area contributed by atoms with Crippen molar-refractivity contribution < 1.29 is 9.53 Å². The van der Waals surface area contributed by atoms with Gasteiger partial charge in [0.25, 0.3) is 0 Å². The summed E-state index contributed by atoms with van der Waals surface area (Å²) in [6.07, 6.45) is 0.794. The summed E-state index contributed by atoms with van der Waals surface area (Å²) in [6.45, 7) is 4.40. The average molecular weight is 244 g/mol. The van der Waals surface area contributed by atoms with E-state index in [4.69, 9.17) is 4.74 Å². The third kappa shape index (κ3) is 2.77. The Hall–Kier alpha value is -2.10.